The van der Waals surface area contributed by atoms with Crippen LogP contribution in [0.2, 0.25) is 0 Å². The second-order valence-corrected chi connectivity index (χ2v) is 6.50. The van der Waals surface area contributed by atoms with Crippen LogP contribution < -0.4 is 15.8 Å². The van der Waals surface area contributed by atoms with Gasteiger partial charge >= 0.3 is 0 Å². The number of hydrogen-bond donors (Lipinski definition) is 2. The number of ether oxygens (including phenoxy) is 2. The van der Waals surface area contributed by atoms with Crippen LogP contribution in [0.3, 0.4) is 0 Å². The number of nitrogen functional groups attached to an aromatic ring is 1. The highest BCUT2D eigenvalue weighted by molar-refractivity contribution is 5.95. The molecule has 1 aliphatic rings. The van der Waals surface area contributed by atoms with E-state index in [1.807, 2.05) is 43.3 Å². The first-order valence-corrected chi connectivity index (χ1v) is 8.82. The summed E-state index contributed by atoms with van der Waals surface area (Å²) >= 11 is 0. The van der Waals surface area contributed by atoms with E-state index in [2.05, 4.69) is 15.3 Å². The molecule has 2 heterocycles. The lowest BCUT2D eigenvalue weighted by atomic mass is 10.1. The summed E-state index contributed by atoms with van der Waals surface area (Å²) in [5, 5.41) is 4.38. The van der Waals surface area contributed by atoms with Gasteiger partial charge in [0.05, 0.1) is 24.4 Å². The molecule has 0 unspecified atom stereocenters. The predicted octanol–water partition coefficient (Wildman–Crippen LogP) is 3.82. The number of rotatable bonds is 4. The Hall–Kier alpha value is -2.86. The molecule has 0 aliphatic carbocycles. The third kappa shape index (κ3) is 3.41. The number of anilines is 3. The Balaban J connectivity index is 1.67. The Morgan fingerprint density at radius 3 is 2.81 bits per heavy atom. The van der Waals surface area contributed by atoms with Crippen molar-refractivity contribution < 1.29 is 9.47 Å². The minimum Gasteiger partial charge on any atom is -0.488 e. The zero-order valence-electron chi connectivity index (χ0n) is 14.7. The number of nitrogens with one attached hydrogen (secondary N) is 1. The van der Waals surface area contributed by atoms with Crippen molar-refractivity contribution in [1.29, 1.82) is 0 Å². The monoisotopic (exact) mass is 350 g/mol. The van der Waals surface area contributed by atoms with Gasteiger partial charge in [0.2, 0.25) is 0 Å². The molecule has 1 saturated heterocycles. The number of para-hydroxylation sites is 2. The van der Waals surface area contributed by atoms with Crippen molar-refractivity contribution in [3.05, 3.63) is 48.3 Å². The van der Waals surface area contributed by atoms with Gasteiger partial charge in [0, 0.05) is 23.9 Å². The Labute approximate surface area is 152 Å². The smallest absolute Gasteiger partial charge is 0.143 e. The standard InChI is InChI=1S/C20H22N4O2/c1-13-10-14(21)11-17-19(13)20(23-12-22-17)24-16-4-2-3-5-18(16)26-15-6-8-25-9-7-15/h2-5,10-12,15H,6-9,21H2,1H3,(H,22,23,24). The molecule has 26 heavy (non-hydrogen) atoms. The van der Waals surface area contributed by atoms with E-state index in [-0.39, 0.29) is 6.10 Å². The Kier molecular flexibility index (Phi) is 4.58. The minimum absolute atomic E-state index is 0.176. The molecule has 0 radical (unpaired) electrons. The van der Waals surface area contributed by atoms with Gasteiger partial charge in [-0.15, -0.1) is 0 Å². The fourth-order valence-corrected chi connectivity index (χ4v) is 3.29. The van der Waals surface area contributed by atoms with Crippen LogP contribution in [0.15, 0.2) is 42.7 Å². The Morgan fingerprint density at radius 2 is 1.96 bits per heavy atom. The van der Waals surface area contributed by atoms with Gasteiger partial charge in [0.15, 0.2) is 0 Å². The first-order valence-electron chi connectivity index (χ1n) is 8.82. The average molecular weight is 350 g/mol. The van der Waals surface area contributed by atoms with Gasteiger partial charge in [-0.1, -0.05) is 12.1 Å². The molecular formula is C20H22N4O2. The second-order valence-electron chi connectivity index (χ2n) is 6.50. The largest absolute Gasteiger partial charge is 0.488 e. The van der Waals surface area contributed by atoms with Crippen LogP contribution in [0.4, 0.5) is 17.2 Å². The molecule has 2 aromatic carbocycles. The van der Waals surface area contributed by atoms with Crippen LogP contribution >= 0.6 is 0 Å². The van der Waals surface area contributed by atoms with E-state index in [0.29, 0.717) is 5.69 Å². The molecule has 6 nitrogen and oxygen atoms in total. The fourth-order valence-electron chi connectivity index (χ4n) is 3.29. The molecule has 0 amide bonds. The van der Waals surface area contributed by atoms with Crippen LogP contribution in [-0.2, 0) is 4.74 Å². The summed E-state index contributed by atoms with van der Waals surface area (Å²) in [4.78, 5) is 8.79. The molecule has 0 bridgehead atoms. The minimum atomic E-state index is 0.176. The Morgan fingerprint density at radius 1 is 1.15 bits per heavy atom. The molecule has 3 N–H and O–H groups in total. The highest BCUT2D eigenvalue weighted by Gasteiger charge is 2.17. The fraction of sp³-hybridized carbons (Fsp3) is 0.300. The van der Waals surface area contributed by atoms with E-state index in [1.165, 1.54) is 0 Å². The molecular weight excluding hydrogens is 328 g/mol. The van der Waals surface area contributed by atoms with Crippen molar-refractivity contribution in [1.82, 2.24) is 9.97 Å². The van der Waals surface area contributed by atoms with Crippen LogP contribution in [-0.4, -0.2) is 29.3 Å². The lowest BCUT2D eigenvalue weighted by molar-refractivity contribution is 0.0258. The van der Waals surface area contributed by atoms with Crippen molar-refractivity contribution in [3.8, 4) is 5.75 Å². The summed E-state index contributed by atoms with van der Waals surface area (Å²) in [6, 6.07) is 11.7. The van der Waals surface area contributed by atoms with Crippen LogP contribution in [0.1, 0.15) is 18.4 Å². The molecule has 1 aromatic heterocycles. The van der Waals surface area contributed by atoms with Gasteiger partial charge in [-0.05, 0) is 36.8 Å². The third-order valence-corrected chi connectivity index (χ3v) is 4.56. The summed E-state index contributed by atoms with van der Waals surface area (Å²) in [6.45, 7) is 3.51. The van der Waals surface area contributed by atoms with Gasteiger partial charge < -0.3 is 20.5 Å². The summed E-state index contributed by atoms with van der Waals surface area (Å²) in [5.74, 6) is 1.56. The molecule has 1 aliphatic heterocycles. The summed E-state index contributed by atoms with van der Waals surface area (Å²) < 4.78 is 11.6. The quantitative estimate of drug-likeness (QED) is 0.696. The van der Waals surface area contributed by atoms with E-state index >= 15 is 0 Å². The first-order chi connectivity index (χ1) is 12.7. The normalized spacial score (nSPS) is 15.1. The highest BCUT2D eigenvalue weighted by Crippen LogP contribution is 2.33. The van der Waals surface area contributed by atoms with E-state index in [4.69, 9.17) is 15.2 Å². The zero-order chi connectivity index (χ0) is 17.9. The molecule has 0 atom stereocenters. The van der Waals surface area contributed by atoms with Crippen LogP contribution in [0, 0.1) is 6.92 Å². The average Bonchev–Trinajstić information content (AvgIpc) is 2.64. The van der Waals surface area contributed by atoms with Crippen LogP contribution in [0.5, 0.6) is 5.75 Å². The van der Waals surface area contributed by atoms with Crippen molar-refractivity contribution in [2.75, 3.05) is 24.3 Å². The molecule has 6 heteroatoms. The number of aryl methyl sites for hydroxylation is 1. The van der Waals surface area contributed by atoms with Gasteiger partial charge in [0.1, 0.15) is 24.0 Å². The third-order valence-electron chi connectivity index (χ3n) is 4.56. The lowest BCUT2D eigenvalue weighted by Gasteiger charge is -2.24. The number of benzene rings is 2. The van der Waals surface area contributed by atoms with E-state index in [1.54, 1.807) is 6.33 Å². The van der Waals surface area contributed by atoms with Crippen LogP contribution in [0.25, 0.3) is 10.9 Å². The number of nitrogens with zero attached hydrogens (tertiary/aromatic N) is 2. The lowest BCUT2D eigenvalue weighted by Crippen LogP contribution is -2.26. The van der Waals surface area contributed by atoms with E-state index < -0.39 is 0 Å². The van der Waals surface area contributed by atoms with Crippen molar-refractivity contribution in [2.45, 2.75) is 25.9 Å². The van der Waals surface area contributed by atoms with Crippen molar-refractivity contribution >= 4 is 28.1 Å². The second kappa shape index (κ2) is 7.17. The Bertz CT molecular complexity index is 923. The van der Waals surface area contributed by atoms with Gasteiger partial charge in [-0.2, -0.15) is 0 Å². The zero-order valence-corrected chi connectivity index (χ0v) is 14.7. The molecule has 3 aromatic rings. The number of fused-ring (bicyclic) bond motifs is 1. The van der Waals surface area contributed by atoms with E-state index in [9.17, 15) is 0 Å². The van der Waals surface area contributed by atoms with E-state index in [0.717, 1.165) is 59.8 Å². The maximum absolute atomic E-state index is 6.21. The molecule has 0 saturated carbocycles. The van der Waals surface area contributed by atoms with Crippen molar-refractivity contribution in [3.63, 3.8) is 0 Å². The molecule has 1 fully saturated rings. The first kappa shape index (κ1) is 16.6. The van der Waals surface area contributed by atoms with Gasteiger partial charge in [0.25, 0.3) is 0 Å². The van der Waals surface area contributed by atoms with Gasteiger partial charge in [-0.25, -0.2) is 9.97 Å². The highest BCUT2D eigenvalue weighted by atomic mass is 16.5. The maximum atomic E-state index is 6.21. The summed E-state index contributed by atoms with van der Waals surface area (Å²) in [6.07, 6.45) is 3.54. The predicted molar refractivity (Wildman–Crippen MR) is 103 cm³/mol. The topological polar surface area (TPSA) is 82.3 Å². The molecule has 4 rings (SSSR count). The molecule has 134 valence electrons. The number of hydrogen-bond acceptors (Lipinski definition) is 6. The number of aromatic nitrogens is 2. The summed E-state index contributed by atoms with van der Waals surface area (Å²) in [5.41, 5.74) is 9.38. The van der Waals surface area contributed by atoms with Crippen molar-refractivity contribution in [2.24, 2.45) is 0 Å². The molecule has 0 spiro atoms. The SMILES string of the molecule is Cc1cc(N)cc2ncnc(Nc3ccccc3OC3CCOCC3)c12. The maximum Gasteiger partial charge on any atom is 0.143 e. The number of nitrogens with two attached hydrogens (primary N) is 1. The van der Waals surface area contributed by atoms with Gasteiger partial charge in [-0.3, -0.25) is 0 Å². The summed E-state index contributed by atoms with van der Waals surface area (Å²) in [7, 11) is 0.